The Kier molecular flexibility index (Phi) is 6.10. The molecule has 0 saturated carbocycles. The Morgan fingerprint density at radius 1 is 1.17 bits per heavy atom. The predicted molar refractivity (Wildman–Crippen MR) is 98.9 cm³/mol. The standard InChI is InChI=1S/C16H16Cl2N2O3S/c1-4-23-15(21)13-8(2)9(3)24-14(13)20-16(22)19-10-5-6-11(17)12(18)7-10/h5-7H,4H2,1-3H3,(H2,19,20,22). The number of amides is 2. The van der Waals surface area contributed by atoms with Crippen LogP contribution in [0, 0.1) is 13.8 Å². The molecule has 1 aromatic heterocycles. The van der Waals surface area contributed by atoms with E-state index < -0.39 is 12.0 Å². The number of nitrogens with one attached hydrogen (secondary N) is 2. The lowest BCUT2D eigenvalue weighted by molar-refractivity contribution is 0.0527. The van der Waals surface area contributed by atoms with Crippen LogP contribution in [0.25, 0.3) is 0 Å². The van der Waals surface area contributed by atoms with Gasteiger partial charge >= 0.3 is 12.0 Å². The number of carbonyl (C=O) groups is 2. The molecule has 0 spiro atoms. The molecule has 0 atom stereocenters. The van der Waals surface area contributed by atoms with Gasteiger partial charge in [0.1, 0.15) is 5.00 Å². The summed E-state index contributed by atoms with van der Waals surface area (Å²) < 4.78 is 5.06. The van der Waals surface area contributed by atoms with E-state index in [1.54, 1.807) is 25.1 Å². The van der Waals surface area contributed by atoms with Crippen molar-refractivity contribution in [2.45, 2.75) is 20.8 Å². The highest BCUT2D eigenvalue weighted by molar-refractivity contribution is 7.16. The van der Waals surface area contributed by atoms with Gasteiger partial charge in [0.05, 0.1) is 22.2 Å². The topological polar surface area (TPSA) is 67.4 Å². The molecule has 0 radical (unpaired) electrons. The summed E-state index contributed by atoms with van der Waals surface area (Å²) >= 11 is 13.1. The van der Waals surface area contributed by atoms with E-state index in [1.165, 1.54) is 11.3 Å². The average Bonchev–Trinajstić information content (AvgIpc) is 2.77. The summed E-state index contributed by atoms with van der Waals surface area (Å²) in [6, 6.07) is 4.27. The van der Waals surface area contributed by atoms with Crippen LogP contribution in [0.3, 0.4) is 0 Å². The fourth-order valence-electron chi connectivity index (χ4n) is 2.00. The zero-order valence-corrected chi connectivity index (χ0v) is 15.7. The maximum atomic E-state index is 12.2. The summed E-state index contributed by atoms with van der Waals surface area (Å²) in [7, 11) is 0. The largest absolute Gasteiger partial charge is 0.462 e. The zero-order valence-electron chi connectivity index (χ0n) is 13.3. The molecule has 8 heteroatoms. The van der Waals surface area contributed by atoms with E-state index in [9.17, 15) is 9.59 Å². The molecule has 128 valence electrons. The van der Waals surface area contributed by atoms with E-state index in [1.807, 2.05) is 13.8 Å². The summed E-state index contributed by atoms with van der Waals surface area (Å²) in [6.07, 6.45) is 0. The number of ether oxygens (including phenoxy) is 1. The summed E-state index contributed by atoms with van der Waals surface area (Å²) in [5, 5.41) is 6.51. The van der Waals surface area contributed by atoms with Crippen LogP contribution < -0.4 is 10.6 Å². The minimum absolute atomic E-state index is 0.266. The second-order valence-electron chi connectivity index (χ2n) is 4.92. The summed E-state index contributed by atoms with van der Waals surface area (Å²) in [4.78, 5) is 25.2. The van der Waals surface area contributed by atoms with Crippen molar-refractivity contribution < 1.29 is 14.3 Å². The van der Waals surface area contributed by atoms with Crippen LogP contribution in [0.2, 0.25) is 10.0 Å². The normalized spacial score (nSPS) is 10.4. The number of rotatable bonds is 4. The van der Waals surface area contributed by atoms with Crippen molar-refractivity contribution in [3.8, 4) is 0 Å². The smallest absolute Gasteiger partial charge is 0.341 e. The van der Waals surface area contributed by atoms with Crippen molar-refractivity contribution in [3.63, 3.8) is 0 Å². The fraction of sp³-hybridized carbons (Fsp3) is 0.250. The number of carbonyl (C=O) groups excluding carboxylic acids is 2. The van der Waals surface area contributed by atoms with Crippen LogP contribution in [0.15, 0.2) is 18.2 Å². The molecule has 1 aromatic carbocycles. The van der Waals surface area contributed by atoms with E-state index >= 15 is 0 Å². The SMILES string of the molecule is CCOC(=O)c1c(NC(=O)Nc2ccc(Cl)c(Cl)c2)sc(C)c1C. The molecule has 2 N–H and O–H groups in total. The van der Waals surface area contributed by atoms with Crippen molar-refractivity contribution in [3.05, 3.63) is 44.2 Å². The molecule has 0 aliphatic carbocycles. The summed E-state index contributed by atoms with van der Waals surface area (Å²) in [6.45, 7) is 5.70. The summed E-state index contributed by atoms with van der Waals surface area (Å²) in [5.74, 6) is -0.454. The first-order chi connectivity index (χ1) is 11.3. The van der Waals surface area contributed by atoms with Gasteiger partial charge in [-0.05, 0) is 44.5 Å². The number of benzene rings is 1. The van der Waals surface area contributed by atoms with Crippen LogP contribution in [-0.2, 0) is 4.74 Å². The molecule has 0 unspecified atom stereocenters. The Hall–Kier alpha value is -1.76. The van der Waals surface area contributed by atoms with Crippen LogP contribution in [0.4, 0.5) is 15.5 Å². The molecular formula is C16H16Cl2N2O3S. The fourth-order valence-corrected chi connectivity index (χ4v) is 3.35. The predicted octanol–water partition coefficient (Wildman–Crippen LogP) is 5.49. The number of hydrogen-bond acceptors (Lipinski definition) is 4. The van der Waals surface area contributed by atoms with Gasteiger partial charge in [0.2, 0.25) is 0 Å². The lowest BCUT2D eigenvalue weighted by Crippen LogP contribution is -2.20. The van der Waals surface area contributed by atoms with Gasteiger partial charge in [-0.2, -0.15) is 0 Å². The molecule has 0 bridgehead atoms. The van der Waals surface area contributed by atoms with Crippen LogP contribution in [0.5, 0.6) is 0 Å². The van der Waals surface area contributed by atoms with Gasteiger partial charge < -0.3 is 10.1 Å². The number of urea groups is 1. The van der Waals surface area contributed by atoms with Gasteiger partial charge in [-0.25, -0.2) is 9.59 Å². The highest BCUT2D eigenvalue weighted by atomic mass is 35.5. The summed E-state index contributed by atoms with van der Waals surface area (Å²) in [5.41, 5.74) is 1.66. The third-order valence-corrected chi connectivity index (χ3v) is 5.13. The van der Waals surface area contributed by atoms with Gasteiger partial charge in [0.25, 0.3) is 0 Å². The lowest BCUT2D eigenvalue weighted by atomic mass is 10.1. The van der Waals surface area contributed by atoms with Gasteiger partial charge in [0, 0.05) is 10.6 Å². The van der Waals surface area contributed by atoms with Crippen LogP contribution in [-0.4, -0.2) is 18.6 Å². The lowest BCUT2D eigenvalue weighted by Gasteiger charge is -2.09. The average molecular weight is 387 g/mol. The Morgan fingerprint density at radius 2 is 1.88 bits per heavy atom. The number of esters is 1. The number of aryl methyl sites for hydroxylation is 1. The highest BCUT2D eigenvalue weighted by Crippen LogP contribution is 2.33. The minimum atomic E-state index is -0.486. The van der Waals surface area contributed by atoms with Gasteiger partial charge in [-0.1, -0.05) is 23.2 Å². The number of hydrogen-bond donors (Lipinski definition) is 2. The first-order valence-electron chi connectivity index (χ1n) is 7.13. The van der Waals surface area contributed by atoms with Crippen molar-refractivity contribution >= 4 is 57.2 Å². The van der Waals surface area contributed by atoms with Crippen molar-refractivity contribution in [1.29, 1.82) is 0 Å². The zero-order chi connectivity index (χ0) is 17.9. The molecule has 0 aliphatic heterocycles. The van der Waals surface area contributed by atoms with E-state index in [0.29, 0.717) is 26.3 Å². The quantitative estimate of drug-likeness (QED) is 0.682. The van der Waals surface area contributed by atoms with Gasteiger partial charge in [-0.15, -0.1) is 11.3 Å². The molecular weight excluding hydrogens is 371 g/mol. The molecule has 2 rings (SSSR count). The van der Waals surface area contributed by atoms with Gasteiger partial charge in [0.15, 0.2) is 0 Å². The van der Waals surface area contributed by atoms with Crippen LogP contribution >= 0.6 is 34.5 Å². The monoisotopic (exact) mass is 386 g/mol. The number of anilines is 2. The highest BCUT2D eigenvalue weighted by Gasteiger charge is 2.22. The maximum absolute atomic E-state index is 12.2. The van der Waals surface area contributed by atoms with Crippen molar-refractivity contribution in [1.82, 2.24) is 0 Å². The first-order valence-corrected chi connectivity index (χ1v) is 8.70. The molecule has 0 saturated heterocycles. The van der Waals surface area contributed by atoms with Crippen molar-refractivity contribution in [2.24, 2.45) is 0 Å². The Balaban J connectivity index is 2.18. The van der Waals surface area contributed by atoms with Crippen LogP contribution in [0.1, 0.15) is 27.7 Å². The molecule has 24 heavy (non-hydrogen) atoms. The Morgan fingerprint density at radius 3 is 2.50 bits per heavy atom. The molecule has 0 fully saturated rings. The molecule has 0 aliphatic rings. The molecule has 5 nitrogen and oxygen atoms in total. The Labute approximate surface area is 153 Å². The van der Waals surface area contributed by atoms with Crippen molar-refractivity contribution in [2.75, 3.05) is 17.2 Å². The van der Waals surface area contributed by atoms with E-state index in [-0.39, 0.29) is 6.61 Å². The third kappa shape index (κ3) is 4.20. The second kappa shape index (κ2) is 7.88. The minimum Gasteiger partial charge on any atom is -0.462 e. The maximum Gasteiger partial charge on any atom is 0.341 e. The number of thiophene rings is 1. The van der Waals surface area contributed by atoms with E-state index in [2.05, 4.69) is 10.6 Å². The van der Waals surface area contributed by atoms with E-state index in [4.69, 9.17) is 27.9 Å². The first kappa shape index (κ1) is 18.6. The van der Waals surface area contributed by atoms with E-state index in [0.717, 1.165) is 10.4 Å². The molecule has 2 aromatic rings. The van der Waals surface area contributed by atoms with Gasteiger partial charge in [-0.3, -0.25) is 5.32 Å². The third-order valence-electron chi connectivity index (χ3n) is 3.27. The molecule has 2 amide bonds. The second-order valence-corrected chi connectivity index (χ2v) is 6.95. The Bertz CT molecular complexity index is 790. The molecule has 1 heterocycles. The number of halogens is 2.